The Bertz CT molecular complexity index is 988. The Morgan fingerprint density at radius 3 is 2.45 bits per heavy atom. The lowest BCUT2D eigenvalue weighted by Gasteiger charge is -2.14. The Balaban J connectivity index is 1.72. The lowest BCUT2D eigenvalue weighted by Crippen LogP contribution is -2.16. The van der Waals surface area contributed by atoms with Crippen molar-refractivity contribution in [3.8, 4) is 11.5 Å². The van der Waals surface area contributed by atoms with E-state index in [0.29, 0.717) is 23.0 Å². The summed E-state index contributed by atoms with van der Waals surface area (Å²) in [5.41, 5.74) is 2.64. The molecule has 7 heteroatoms. The van der Waals surface area contributed by atoms with Gasteiger partial charge in [-0.1, -0.05) is 18.2 Å². The summed E-state index contributed by atoms with van der Waals surface area (Å²) < 4.78 is 11.1. The van der Waals surface area contributed by atoms with Crippen molar-refractivity contribution < 1.29 is 14.3 Å². The Hall–Kier alpha value is -3.61. The first-order valence-corrected chi connectivity index (χ1v) is 9.28. The highest BCUT2D eigenvalue weighted by molar-refractivity contribution is 6.03. The number of amides is 1. The van der Waals surface area contributed by atoms with Gasteiger partial charge in [0, 0.05) is 0 Å². The molecule has 0 saturated carbocycles. The molecule has 2 N–H and O–H groups in total. The maximum absolute atomic E-state index is 12.6. The van der Waals surface area contributed by atoms with Gasteiger partial charge in [-0.25, -0.2) is 0 Å². The number of aryl methyl sites for hydroxylation is 1. The molecular weight excluding hydrogens is 368 g/mol. The Labute approximate surface area is 170 Å². The SMILES string of the molecule is COc1ccc(C)cc1Nc1ccc(C(=O)Nc2ccccc2OC(C)C)nn1. The fourth-order valence-electron chi connectivity index (χ4n) is 2.69. The molecule has 0 atom stereocenters. The van der Waals surface area contributed by atoms with Crippen LogP contribution >= 0.6 is 0 Å². The van der Waals surface area contributed by atoms with Gasteiger partial charge in [0.1, 0.15) is 11.5 Å². The van der Waals surface area contributed by atoms with Crippen LogP contribution in [0, 0.1) is 6.92 Å². The highest BCUT2D eigenvalue weighted by Gasteiger charge is 2.13. The van der Waals surface area contributed by atoms with Crippen LogP contribution in [0.15, 0.2) is 54.6 Å². The number of benzene rings is 2. The van der Waals surface area contributed by atoms with E-state index in [1.165, 1.54) is 0 Å². The van der Waals surface area contributed by atoms with E-state index in [2.05, 4.69) is 20.8 Å². The van der Waals surface area contributed by atoms with Gasteiger partial charge in [-0.2, -0.15) is 0 Å². The van der Waals surface area contributed by atoms with E-state index in [9.17, 15) is 4.79 Å². The van der Waals surface area contributed by atoms with Gasteiger partial charge in [-0.3, -0.25) is 4.79 Å². The third-order valence-corrected chi connectivity index (χ3v) is 4.01. The number of anilines is 3. The molecule has 0 radical (unpaired) electrons. The van der Waals surface area contributed by atoms with Gasteiger partial charge in [0.15, 0.2) is 11.5 Å². The predicted octanol–water partition coefficient (Wildman–Crippen LogP) is 4.58. The molecule has 0 aliphatic rings. The topological polar surface area (TPSA) is 85.4 Å². The molecule has 0 saturated heterocycles. The maximum atomic E-state index is 12.6. The van der Waals surface area contributed by atoms with Gasteiger partial charge in [0.2, 0.25) is 0 Å². The molecule has 1 aromatic heterocycles. The summed E-state index contributed by atoms with van der Waals surface area (Å²) in [6.07, 6.45) is -0.00295. The van der Waals surface area contributed by atoms with Crippen LogP contribution in [0.1, 0.15) is 29.9 Å². The van der Waals surface area contributed by atoms with Gasteiger partial charge >= 0.3 is 0 Å². The van der Waals surface area contributed by atoms with Crippen LogP contribution < -0.4 is 20.1 Å². The van der Waals surface area contributed by atoms with Gasteiger partial charge in [-0.15, -0.1) is 10.2 Å². The first-order valence-electron chi connectivity index (χ1n) is 9.28. The molecular formula is C22H24N4O3. The molecule has 0 bridgehead atoms. The maximum Gasteiger partial charge on any atom is 0.276 e. The average molecular weight is 392 g/mol. The van der Waals surface area contributed by atoms with E-state index in [4.69, 9.17) is 9.47 Å². The number of nitrogens with zero attached hydrogens (tertiary/aromatic N) is 2. The molecule has 0 spiro atoms. The van der Waals surface area contributed by atoms with Crippen molar-refractivity contribution in [2.75, 3.05) is 17.7 Å². The smallest absolute Gasteiger partial charge is 0.276 e. The third-order valence-electron chi connectivity index (χ3n) is 4.01. The minimum Gasteiger partial charge on any atom is -0.495 e. The average Bonchev–Trinajstić information content (AvgIpc) is 2.70. The molecule has 150 valence electrons. The fraction of sp³-hybridized carbons (Fsp3) is 0.227. The molecule has 7 nitrogen and oxygen atoms in total. The number of methoxy groups -OCH3 is 1. The van der Waals surface area contributed by atoms with Crippen LogP contribution in [0.3, 0.4) is 0 Å². The van der Waals surface area contributed by atoms with Gasteiger partial charge < -0.3 is 20.1 Å². The lowest BCUT2D eigenvalue weighted by molar-refractivity contribution is 0.102. The van der Waals surface area contributed by atoms with Gasteiger partial charge in [0.05, 0.1) is 24.6 Å². The molecule has 0 aliphatic heterocycles. The van der Waals surface area contributed by atoms with Crippen LogP contribution in [0.5, 0.6) is 11.5 Å². The van der Waals surface area contributed by atoms with Crippen LogP contribution in [-0.2, 0) is 0 Å². The molecule has 0 fully saturated rings. The monoisotopic (exact) mass is 392 g/mol. The van der Waals surface area contributed by atoms with Crippen LogP contribution in [-0.4, -0.2) is 29.3 Å². The molecule has 1 heterocycles. The van der Waals surface area contributed by atoms with E-state index in [0.717, 1.165) is 11.3 Å². The second-order valence-corrected chi connectivity index (χ2v) is 6.75. The van der Waals surface area contributed by atoms with E-state index in [1.54, 1.807) is 25.3 Å². The number of hydrogen-bond donors (Lipinski definition) is 2. The van der Waals surface area contributed by atoms with Crippen molar-refractivity contribution in [2.45, 2.75) is 26.9 Å². The van der Waals surface area contributed by atoms with Gasteiger partial charge in [0.25, 0.3) is 5.91 Å². The lowest BCUT2D eigenvalue weighted by atomic mass is 10.2. The first kappa shape index (κ1) is 20.1. The summed E-state index contributed by atoms with van der Waals surface area (Å²) in [5, 5.41) is 14.1. The quantitative estimate of drug-likeness (QED) is 0.612. The van der Waals surface area contributed by atoms with Crippen LogP contribution in [0.25, 0.3) is 0 Å². The molecule has 0 aliphatic carbocycles. The summed E-state index contributed by atoms with van der Waals surface area (Å²) in [4.78, 5) is 12.6. The summed E-state index contributed by atoms with van der Waals surface area (Å²) in [7, 11) is 1.61. The highest BCUT2D eigenvalue weighted by atomic mass is 16.5. The summed E-state index contributed by atoms with van der Waals surface area (Å²) in [5.74, 6) is 1.45. The Kier molecular flexibility index (Phi) is 6.29. The molecule has 1 amide bonds. The van der Waals surface area contributed by atoms with Crippen molar-refractivity contribution in [2.24, 2.45) is 0 Å². The second-order valence-electron chi connectivity index (χ2n) is 6.75. The molecule has 29 heavy (non-hydrogen) atoms. The van der Waals surface area contributed by atoms with Crippen molar-refractivity contribution in [1.29, 1.82) is 0 Å². The number of ether oxygens (including phenoxy) is 2. The van der Waals surface area contributed by atoms with Crippen LogP contribution in [0.4, 0.5) is 17.2 Å². The van der Waals surface area contributed by atoms with Gasteiger partial charge in [-0.05, 0) is 62.7 Å². The number of nitrogens with one attached hydrogen (secondary N) is 2. The minimum atomic E-state index is -0.364. The Morgan fingerprint density at radius 2 is 1.76 bits per heavy atom. The zero-order valence-corrected chi connectivity index (χ0v) is 16.9. The first-order chi connectivity index (χ1) is 14.0. The number of carbonyl (C=O) groups is 1. The number of aromatic nitrogens is 2. The van der Waals surface area contributed by atoms with Crippen LogP contribution in [0.2, 0.25) is 0 Å². The van der Waals surface area contributed by atoms with E-state index >= 15 is 0 Å². The van der Waals surface area contributed by atoms with E-state index in [1.807, 2.05) is 57.2 Å². The molecule has 3 rings (SSSR count). The van der Waals surface area contributed by atoms with E-state index in [-0.39, 0.29) is 17.7 Å². The summed E-state index contributed by atoms with van der Waals surface area (Å²) >= 11 is 0. The molecule has 3 aromatic rings. The van der Waals surface area contributed by atoms with Crippen molar-refractivity contribution >= 4 is 23.1 Å². The minimum absolute atomic E-state index is 0.00295. The number of carbonyl (C=O) groups excluding carboxylic acids is 1. The van der Waals surface area contributed by atoms with Crippen molar-refractivity contribution in [3.05, 3.63) is 65.9 Å². The largest absolute Gasteiger partial charge is 0.495 e. The fourth-order valence-corrected chi connectivity index (χ4v) is 2.69. The Morgan fingerprint density at radius 1 is 0.966 bits per heavy atom. The number of hydrogen-bond acceptors (Lipinski definition) is 6. The number of para-hydroxylation sites is 2. The number of rotatable bonds is 7. The standard InChI is InChI=1S/C22H24N4O3/c1-14(2)29-20-8-6-5-7-16(20)24-22(27)17-10-12-21(26-25-17)23-18-13-15(3)9-11-19(18)28-4/h5-14H,1-4H3,(H,23,26)(H,24,27). The van der Waals surface area contributed by atoms with Crippen molar-refractivity contribution in [1.82, 2.24) is 10.2 Å². The normalized spacial score (nSPS) is 10.5. The highest BCUT2D eigenvalue weighted by Crippen LogP contribution is 2.28. The summed E-state index contributed by atoms with van der Waals surface area (Å²) in [6.45, 7) is 5.85. The summed E-state index contributed by atoms with van der Waals surface area (Å²) in [6, 6.07) is 16.4. The van der Waals surface area contributed by atoms with E-state index < -0.39 is 0 Å². The predicted molar refractivity (Wildman–Crippen MR) is 113 cm³/mol. The second kappa shape index (κ2) is 9.05. The third kappa shape index (κ3) is 5.22. The zero-order valence-electron chi connectivity index (χ0n) is 16.9. The molecule has 0 unspecified atom stereocenters. The molecule has 2 aromatic carbocycles. The zero-order chi connectivity index (χ0) is 20.8. The van der Waals surface area contributed by atoms with Crippen molar-refractivity contribution in [3.63, 3.8) is 0 Å².